The second-order valence-electron chi connectivity index (χ2n) is 7.29. The highest BCUT2D eigenvalue weighted by molar-refractivity contribution is 6.32. The molecule has 2 rings (SSSR count). The number of ether oxygens (including phenoxy) is 1. The lowest BCUT2D eigenvalue weighted by Gasteiger charge is -2.22. The first-order valence-corrected chi connectivity index (χ1v) is 8.88. The molecule has 2 aromatic carbocycles. The second-order valence-corrected chi connectivity index (χ2v) is 7.70. The first-order chi connectivity index (χ1) is 11.7. The van der Waals surface area contributed by atoms with Crippen LogP contribution in [0.2, 0.25) is 5.02 Å². The van der Waals surface area contributed by atoms with Crippen molar-refractivity contribution in [2.75, 3.05) is 0 Å². The van der Waals surface area contributed by atoms with E-state index in [1.54, 1.807) is 19.1 Å². The number of rotatable bonds is 5. The summed E-state index contributed by atoms with van der Waals surface area (Å²) in [5.74, 6) is 0.335. The van der Waals surface area contributed by atoms with Gasteiger partial charge in [0.2, 0.25) is 0 Å². The van der Waals surface area contributed by atoms with E-state index in [1.807, 2.05) is 19.1 Å². The van der Waals surface area contributed by atoms with E-state index in [0.29, 0.717) is 10.8 Å². The van der Waals surface area contributed by atoms with Gasteiger partial charge in [0.25, 0.3) is 5.91 Å². The predicted octanol–water partition coefficient (Wildman–Crippen LogP) is 5.28. The van der Waals surface area contributed by atoms with Crippen molar-refractivity contribution in [3.8, 4) is 5.75 Å². The fourth-order valence-corrected chi connectivity index (χ4v) is 2.65. The molecule has 0 radical (unpaired) electrons. The maximum absolute atomic E-state index is 12.4. The van der Waals surface area contributed by atoms with Gasteiger partial charge in [-0.15, -0.1) is 0 Å². The minimum Gasteiger partial charge on any atom is -0.479 e. The van der Waals surface area contributed by atoms with Crippen molar-refractivity contribution in [3.05, 3.63) is 64.7 Å². The van der Waals surface area contributed by atoms with Gasteiger partial charge in [0.15, 0.2) is 6.10 Å². The second kappa shape index (κ2) is 7.92. The summed E-state index contributed by atoms with van der Waals surface area (Å²) in [6, 6.07) is 15.4. The number of carbonyl (C=O) groups excluding carboxylic acids is 1. The van der Waals surface area contributed by atoms with Crippen molar-refractivity contribution >= 4 is 17.5 Å². The molecule has 0 aromatic heterocycles. The van der Waals surface area contributed by atoms with Crippen LogP contribution in [0.3, 0.4) is 0 Å². The van der Waals surface area contributed by atoms with Gasteiger partial charge >= 0.3 is 0 Å². The van der Waals surface area contributed by atoms with Gasteiger partial charge in [-0.05, 0) is 42.5 Å². The molecule has 0 saturated heterocycles. The number of nitrogens with one attached hydrogen (secondary N) is 1. The summed E-state index contributed by atoms with van der Waals surface area (Å²) in [7, 11) is 0. The molecule has 0 spiro atoms. The van der Waals surface area contributed by atoms with Crippen molar-refractivity contribution in [2.24, 2.45) is 0 Å². The monoisotopic (exact) mass is 359 g/mol. The van der Waals surface area contributed by atoms with Gasteiger partial charge in [0.1, 0.15) is 5.75 Å². The zero-order valence-electron chi connectivity index (χ0n) is 15.5. The largest absolute Gasteiger partial charge is 0.479 e. The molecule has 1 amide bonds. The number of halogens is 1. The summed E-state index contributed by atoms with van der Waals surface area (Å²) < 4.78 is 5.66. The summed E-state index contributed by atoms with van der Waals surface area (Å²) in [6.45, 7) is 10.2. The van der Waals surface area contributed by atoms with Crippen LogP contribution in [0.4, 0.5) is 0 Å². The number of hydrogen-bond acceptors (Lipinski definition) is 2. The number of benzene rings is 2. The molecule has 0 saturated carbocycles. The lowest BCUT2D eigenvalue weighted by Crippen LogP contribution is -2.37. The van der Waals surface area contributed by atoms with Crippen LogP contribution in [0.1, 0.15) is 51.8 Å². The van der Waals surface area contributed by atoms with E-state index in [-0.39, 0.29) is 17.4 Å². The van der Waals surface area contributed by atoms with E-state index < -0.39 is 6.10 Å². The molecule has 3 nitrogen and oxygen atoms in total. The Kier molecular flexibility index (Phi) is 6.12. The lowest BCUT2D eigenvalue weighted by molar-refractivity contribution is -0.127. The molecule has 0 aliphatic heterocycles. The lowest BCUT2D eigenvalue weighted by atomic mass is 9.86. The molecule has 4 heteroatoms. The highest BCUT2D eigenvalue weighted by Crippen LogP contribution is 2.25. The Morgan fingerprint density at radius 1 is 1.04 bits per heavy atom. The molecule has 0 heterocycles. The van der Waals surface area contributed by atoms with Crippen molar-refractivity contribution in [1.29, 1.82) is 0 Å². The van der Waals surface area contributed by atoms with E-state index in [0.717, 1.165) is 5.56 Å². The molecule has 25 heavy (non-hydrogen) atoms. The third-order valence-electron chi connectivity index (χ3n) is 4.15. The average Bonchev–Trinajstić information content (AvgIpc) is 2.56. The normalized spacial score (nSPS) is 13.8. The molecule has 1 N–H and O–H groups in total. The average molecular weight is 360 g/mol. The van der Waals surface area contributed by atoms with E-state index in [2.05, 4.69) is 50.4 Å². The van der Waals surface area contributed by atoms with E-state index in [1.165, 1.54) is 5.56 Å². The van der Waals surface area contributed by atoms with Gasteiger partial charge in [0, 0.05) is 0 Å². The van der Waals surface area contributed by atoms with Gasteiger partial charge in [-0.1, -0.05) is 68.8 Å². The third kappa shape index (κ3) is 5.23. The van der Waals surface area contributed by atoms with Gasteiger partial charge in [-0.3, -0.25) is 4.79 Å². The van der Waals surface area contributed by atoms with Crippen LogP contribution in [0.5, 0.6) is 5.75 Å². The smallest absolute Gasteiger partial charge is 0.261 e. The Bertz CT molecular complexity index is 719. The Balaban J connectivity index is 1.98. The Morgan fingerprint density at radius 2 is 1.64 bits per heavy atom. The van der Waals surface area contributed by atoms with Gasteiger partial charge < -0.3 is 10.1 Å². The summed E-state index contributed by atoms with van der Waals surface area (Å²) in [4.78, 5) is 12.4. The molecule has 0 fully saturated rings. The highest BCUT2D eigenvalue weighted by Gasteiger charge is 2.19. The zero-order chi connectivity index (χ0) is 18.6. The van der Waals surface area contributed by atoms with E-state index in [9.17, 15) is 4.79 Å². The maximum atomic E-state index is 12.4. The van der Waals surface area contributed by atoms with Crippen LogP contribution in [-0.4, -0.2) is 12.0 Å². The molecule has 0 bridgehead atoms. The van der Waals surface area contributed by atoms with Gasteiger partial charge in [-0.2, -0.15) is 0 Å². The standard InChI is InChI=1S/C21H26ClNO2/c1-14(16-10-12-17(13-11-16)21(3,4)5)23-20(24)15(2)25-19-9-7-6-8-18(19)22/h6-15H,1-5H3,(H,23,24)/t14-,15+/m0/s1. The zero-order valence-corrected chi connectivity index (χ0v) is 16.2. The van der Waals surface area contributed by atoms with Crippen LogP contribution >= 0.6 is 11.6 Å². The molecule has 0 unspecified atom stereocenters. The number of hydrogen-bond donors (Lipinski definition) is 1. The van der Waals surface area contributed by atoms with E-state index >= 15 is 0 Å². The molecule has 0 aliphatic carbocycles. The summed E-state index contributed by atoms with van der Waals surface area (Å²) in [5, 5.41) is 3.48. The first kappa shape index (κ1) is 19.3. The molecule has 134 valence electrons. The fourth-order valence-electron chi connectivity index (χ4n) is 2.47. The van der Waals surface area contributed by atoms with Crippen molar-refractivity contribution in [2.45, 2.75) is 52.2 Å². The van der Waals surface area contributed by atoms with Crippen molar-refractivity contribution < 1.29 is 9.53 Å². The summed E-state index contributed by atoms with van der Waals surface area (Å²) in [5.41, 5.74) is 2.44. The third-order valence-corrected chi connectivity index (χ3v) is 4.46. The molecule has 0 aliphatic rings. The SMILES string of the molecule is C[C@H](NC(=O)[C@@H](C)Oc1ccccc1Cl)c1ccc(C(C)(C)C)cc1. The van der Waals surface area contributed by atoms with Crippen LogP contribution in [-0.2, 0) is 10.2 Å². The molecule has 2 atom stereocenters. The van der Waals surface area contributed by atoms with Gasteiger partial charge in [-0.25, -0.2) is 0 Å². The summed E-state index contributed by atoms with van der Waals surface area (Å²) in [6.07, 6.45) is -0.629. The first-order valence-electron chi connectivity index (χ1n) is 8.50. The minimum absolute atomic E-state index is 0.0983. The van der Waals surface area contributed by atoms with Crippen molar-refractivity contribution in [1.82, 2.24) is 5.32 Å². The number of para-hydroxylation sites is 1. The van der Waals surface area contributed by atoms with Crippen molar-refractivity contribution in [3.63, 3.8) is 0 Å². The van der Waals surface area contributed by atoms with Crippen LogP contribution in [0.25, 0.3) is 0 Å². The van der Waals surface area contributed by atoms with E-state index in [4.69, 9.17) is 16.3 Å². The number of amides is 1. The maximum Gasteiger partial charge on any atom is 0.261 e. The number of carbonyl (C=O) groups is 1. The Hall–Kier alpha value is -2.00. The van der Waals surface area contributed by atoms with Gasteiger partial charge in [0.05, 0.1) is 11.1 Å². The molecular formula is C21H26ClNO2. The molecule has 2 aromatic rings. The van der Waals surface area contributed by atoms with Crippen LogP contribution in [0.15, 0.2) is 48.5 Å². The molecular weight excluding hydrogens is 334 g/mol. The fraction of sp³-hybridized carbons (Fsp3) is 0.381. The Labute approximate surface area is 155 Å². The minimum atomic E-state index is -0.629. The quantitative estimate of drug-likeness (QED) is 0.788. The van der Waals surface area contributed by atoms with Crippen LogP contribution in [0, 0.1) is 0 Å². The summed E-state index contributed by atoms with van der Waals surface area (Å²) >= 11 is 6.07. The highest BCUT2D eigenvalue weighted by atomic mass is 35.5. The Morgan fingerprint density at radius 3 is 2.20 bits per heavy atom. The predicted molar refractivity (Wildman–Crippen MR) is 103 cm³/mol. The van der Waals surface area contributed by atoms with Crippen LogP contribution < -0.4 is 10.1 Å². The topological polar surface area (TPSA) is 38.3 Å².